The summed E-state index contributed by atoms with van der Waals surface area (Å²) in [4.78, 5) is 39.4. The zero-order valence-electron chi connectivity index (χ0n) is 17.1. The third kappa shape index (κ3) is 3.80. The summed E-state index contributed by atoms with van der Waals surface area (Å²) in [5.74, 6) is 0.396. The van der Waals surface area contributed by atoms with E-state index in [9.17, 15) is 14.4 Å². The third-order valence-electron chi connectivity index (χ3n) is 5.34. The monoisotopic (exact) mass is 432 g/mol. The summed E-state index contributed by atoms with van der Waals surface area (Å²) in [5, 5.41) is 6.86. The molecule has 3 heterocycles. The number of carbonyl (C=O) groups excluding carboxylic acids is 2. The van der Waals surface area contributed by atoms with Crippen LogP contribution in [0.25, 0.3) is 0 Å². The highest BCUT2D eigenvalue weighted by Gasteiger charge is 2.26. The lowest BCUT2D eigenvalue weighted by Gasteiger charge is -2.19. The minimum Gasteiger partial charge on any atom is -0.486 e. The van der Waals surface area contributed by atoms with Crippen LogP contribution < -0.4 is 25.2 Å². The minimum atomic E-state index is -0.472. The van der Waals surface area contributed by atoms with E-state index >= 15 is 0 Å². The highest BCUT2D eigenvalue weighted by atomic mass is 16.6. The molecule has 0 aliphatic carbocycles. The van der Waals surface area contributed by atoms with Gasteiger partial charge in [-0.15, -0.1) is 0 Å². The molecule has 9 nitrogen and oxygen atoms in total. The lowest BCUT2D eigenvalue weighted by Crippen LogP contribution is -2.34. The molecule has 2 aliphatic rings. The number of hydrogen-bond acceptors (Lipinski definition) is 6. The van der Waals surface area contributed by atoms with Crippen LogP contribution >= 0.6 is 0 Å². The minimum absolute atomic E-state index is 0.105. The molecule has 0 saturated carbocycles. The molecular formula is C23H20N4O5. The Labute approximate surface area is 183 Å². The zero-order valence-corrected chi connectivity index (χ0v) is 17.1. The van der Waals surface area contributed by atoms with Gasteiger partial charge >= 0.3 is 0 Å². The van der Waals surface area contributed by atoms with Gasteiger partial charge in [-0.25, -0.2) is 4.68 Å². The van der Waals surface area contributed by atoms with Gasteiger partial charge in [-0.1, -0.05) is 18.2 Å². The number of ether oxygens (including phenoxy) is 2. The molecule has 0 bridgehead atoms. The molecule has 2 aliphatic heterocycles. The zero-order chi connectivity index (χ0) is 22.1. The van der Waals surface area contributed by atoms with E-state index in [4.69, 9.17) is 9.47 Å². The SMILES string of the molecule is O=C(Cn1nc(C(=O)N2CCc3ccccc32)ccc1=O)Nc1ccc2c(c1)OCCO2. The largest absolute Gasteiger partial charge is 0.486 e. The van der Waals surface area contributed by atoms with E-state index in [2.05, 4.69) is 10.4 Å². The Kier molecular flexibility index (Phi) is 5.06. The van der Waals surface area contributed by atoms with Gasteiger partial charge in [0.2, 0.25) is 5.91 Å². The van der Waals surface area contributed by atoms with Crippen molar-refractivity contribution < 1.29 is 19.1 Å². The summed E-state index contributed by atoms with van der Waals surface area (Å²) in [6.07, 6.45) is 0.763. The fourth-order valence-electron chi connectivity index (χ4n) is 3.82. The maximum atomic E-state index is 13.0. The number of nitrogens with one attached hydrogen (secondary N) is 1. The highest BCUT2D eigenvalue weighted by molar-refractivity contribution is 6.06. The highest BCUT2D eigenvalue weighted by Crippen LogP contribution is 2.32. The average Bonchev–Trinajstić information content (AvgIpc) is 3.24. The van der Waals surface area contributed by atoms with Crippen molar-refractivity contribution in [3.8, 4) is 11.5 Å². The lowest BCUT2D eigenvalue weighted by molar-refractivity contribution is -0.117. The van der Waals surface area contributed by atoms with E-state index in [1.165, 1.54) is 12.1 Å². The smallest absolute Gasteiger partial charge is 0.278 e. The number of anilines is 2. The predicted octanol–water partition coefficient (Wildman–Crippen LogP) is 1.86. The number of amides is 2. The van der Waals surface area contributed by atoms with Gasteiger partial charge in [0, 0.05) is 30.1 Å². The van der Waals surface area contributed by atoms with Crippen LogP contribution in [-0.4, -0.2) is 41.4 Å². The first-order chi connectivity index (χ1) is 15.6. The van der Waals surface area contributed by atoms with Crippen LogP contribution in [-0.2, 0) is 17.8 Å². The Morgan fingerprint density at radius 1 is 1.00 bits per heavy atom. The molecule has 0 fully saturated rings. The van der Waals surface area contributed by atoms with Crippen LogP contribution in [0.3, 0.4) is 0 Å². The summed E-state index contributed by atoms with van der Waals surface area (Å²) in [6, 6.07) is 15.4. The first kappa shape index (κ1) is 19.8. The Balaban J connectivity index is 1.31. The molecule has 0 spiro atoms. The van der Waals surface area contributed by atoms with E-state index in [0.29, 0.717) is 36.9 Å². The Morgan fingerprint density at radius 2 is 1.81 bits per heavy atom. The van der Waals surface area contributed by atoms with Gasteiger partial charge in [0.25, 0.3) is 11.5 Å². The van der Waals surface area contributed by atoms with Crippen molar-refractivity contribution in [3.05, 3.63) is 76.2 Å². The predicted molar refractivity (Wildman–Crippen MR) is 116 cm³/mol. The van der Waals surface area contributed by atoms with Gasteiger partial charge in [0.15, 0.2) is 11.5 Å². The standard InChI is InChI=1S/C23H20N4O5/c28-21(24-16-5-7-19-20(13-16)32-12-11-31-19)14-27-22(29)8-6-17(25-27)23(30)26-10-9-15-3-1-2-4-18(15)26/h1-8,13H,9-12,14H2,(H,24,28). The molecule has 3 aromatic rings. The van der Waals surface area contributed by atoms with Crippen molar-refractivity contribution in [3.63, 3.8) is 0 Å². The number of nitrogens with zero attached hydrogens (tertiary/aromatic N) is 3. The van der Waals surface area contributed by atoms with Crippen molar-refractivity contribution in [2.24, 2.45) is 0 Å². The van der Waals surface area contributed by atoms with Gasteiger partial charge in [-0.2, -0.15) is 5.10 Å². The number of fused-ring (bicyclic) bond motifs is 2. The second-order valence-corrected chi connectivity index (χ2v) is 7.46. The second kappa shape index (κ2) is 8.18. The summed E-state index contributed by atoms with van der Waals surface area (Å²) in [5.41, 5.74) is 2.07. The molecular weight excluding hydrogens is 412 g/mol. The Hall–Kier alpha value is -4.14. The number of carbonyl (C=O) groups is 2. The molecule has 32 heavy (non-hydrogen) atoms. The summed E-state index contributed by atoms with van der Waals surface area (Å²) >= 11 is 0. The number of para-hydroxylation sites is 1. The third-order valence-corrected chi connectivity index (χ3v) is 5.34. The van der Waals surface area contributed by atoms with Crippen LogP contribution in [0, 0.1) is 0 Å². The number of aromatic nitrogens is 2. The lowest BCUT2D eigenvalue weighted by atomic mass is 10.2. The molecule has 5 rings (SSSR count). The Bertz CT molecular complexity index is 1270. The van der Waals surface area contributed by atoms with Crippen LogP contribution in [0.1, 0.15) is 16.1 Å². The van der Waals surface area contributed by atoms with E-state index in [1.54, 1.807) is 23.1 Å². The molecule has 9 heteroatoms. The van der Waals surface area contributed by atoms with Gasteiger partial charge in [-0.05, 0) is 36.2 Å². The average molecular weight is 432 g/mol. The van der Waals surface area contributed by atoms with E-state index in [0.717, 1.165) is 22.4 Å². The molecule has 2 aromatic carbocycles. The van der Waals surface area contributed by atoms with Crippen molar-refractivity contribution in [1.82, 2.24) is 9.78 Å². The fraction of sp³-hybridized carbons (Fsp3) is 0.217. The topological polar surface area (TPSA) is 103 Å². The first-order valence-electron chi connectivity index (χ1n) is 10.3. The van der Waals surface area contributed by atoms with Crippen LogP contribution in [0.4, 0.5) is 11.4 Å². The second-order valence-electron chi connectivity index (χ2n) is 7.46. The molecule has 1 aromatic heterocycles. The van der Waals surface area contributed by atoms with Gasteiger partial charge in [-0.3, -0.25) is 14.4 Å². The number of benzene rings is 2. The molecule has 162 valence electrons. The maximum Gasteiger partial charge on any atom is 0.278 e. The molecule has 2 amide bonds. The molecule has 0 atom stereocenters. The van der Waals surface area contributed by atoms with Crippen LogP contribution in [0.5, 0.6) is 11.5 Å². The quantitative estimate of drug-likeness (QED) is 0.675. The van der Waals surface area contributed by atoms with Crippen molar-refractivity contribution in [2.75, 3.05) is 30.0 Å². The number of rotatable bonds is 4. The maximum absolute atomic E-state index is 13.0. The molecule has 0 radical (unpaired) electrons. The van der Waals surface area contributed by atoms with Crippen LogP contribution in [0.15, 0.2) is 59.4 Å². The molecule has 0 unspecified atom stereocenters. The summed E-state index contributed by atoms with van der Waals surface area (Å²) in [6.45, 7) is 1.13. The van der Waals surface area contributed by atoms with E-state index in [-0.39, 0.29) is 18.1 Å². The van der Waals surface area contributed by atoms with Gasteiger partial charge < -0.3 is 19.7 Å². The van der Waals surface area contributed by atoms with E-state index in [1.807, 2.05) is 24.3 Å². The fourth-order valence-corrected chi connectivity index (χ4v) is 3.82. The first-order valence-corrected chi connectivity index (χ1v) is 10.3. The summed E-state index contributed by atoms with van der Waals surface area (Å²) in [7, 11) is 0. The normalized spacial score (nSPS) is 14.1. The van der Waals surface area contributed by atoms with Crippen molar-refractivity contribution >= 4 is 23.2 Å². The number of hydrogen-bond donors (Lipinski definition) is 1. The van der Waals surface area contributed by atoms with Gasteiger partial charge in [0.1, 0.15) is 25.5 Å². The molecule has 1 N–H and O–H groups in total. The van der Waals surface area contributed by atoms with Crippen molar-refractivity contribution in [1.29, 1.82) is 0 Å². The van der Waals surface area contributed by atoms with Crippen molar-refractivity contribution in [2.45, 2.75) is 13.0 Å². The van der Waals surface area contributed by atoms with E-state index < -0.39 is 11.5 Å². The van der Waals surface area contributed by atoms with Crippen LogP contribution in [0.2, 0.25) is 0 Å². The summed E-state index contributed by atoms with van der Waals surface area (Å²) < 4.78 is 12.0. The Morgan fingerprint density at radius 3 is 2.69 bits per heavy atom. The molecule has 0 saturated heterocycles. The van der Waals surface area contributed by atoms with Gasteiger partial charge in [0.05, 0.1) is 0 Å².